The summed E-state index contributed by atoms with van der Waals surface area (Å²) in [7, 11) is -4.65. The Bertz CT molecular complexity index is 1060. The van der Waals surface area contributed by atoms with Gasteiger partial charge in [0, 0.05) is 23.2 Å². The van der Waals surface area contributed by atoms with E-state index < -0.39 is 44.1 Å². The molecule has 0 fully saturated rings. The number of nitro groups is 1. The first kappa shape index (κ1) is 22.8. The molecule has 156 valence electrons. The predicted molar refractivity (Wildman–Crippen MR) is 103 cm³/mol. The SMILES string of the molecule is CC(C(=O)NO)N(Cc1ccccc1[N+](=O)[O-])S(=O)(=O)c1cc(Cl)cc(Cl)c1O. The number of phenolic OH excluding ortho intramolecular Hbond substituents is 1. The fourth-order valence-corrected chi connectivity index (χ4v) is 4.83. The molecular weight excluding hydrogens is 449 g/mol. The Morgan fingerprint density at radius 1 is 1.31 bits per heavy atom. The van der Waals surface area contributed by atoms with E-state index in [1.54, 1.807) is 0 Å². The number of benzene rings is 2. The Labute approximate surface area is 175 Å². The van der Waals surface area contributed by atoms with Crippen LogP contribution in [0, 0.1) is 10.1 Å². The molecule has 2 aromatic rings. The van der Waals surface area contributed by atoms with Crippen LogP contribution in [0.15, 0.2) is 41.3 Å². The number of hydrogen-bond donors (Lipinski definition) is 3. The van der Waals surface area contributed by atoms with Gasteiger partial charge in [-0.15, -0.1) is 0 Å². The predicted octanol–water partition coefficient (Wildman–Crippen LogP) is 2.69. The maximum Gasteiger partial charge on any atom is 0.273 e. The number of nitrogens with zero attached hydrogens (tertiary/aromatic N) is 2. The van der Waals surface area contributed by atoms with Crippen LogP contribution in [0.4, 0.5) is 5.69 Å². The molecule has 0 saturated heterocycles. The van der Waals surface area contributed by atoms with E-state index in [9.17, 15) is 28.4 Å². The van der Waals surface area contributed by atoms with Crippen molar-refractivity contribution >= 4 is 44.8 Å². The highest BCUT2D eigenvalue weighted by Gasteiger charge is 2.36. The Hall–Kier alpha value is -2.44. The van der Waals surface area contributed by atoms with Crippen molar-refractivity contribution in [1.82, 2.24) is 9.79 Å². The molecule has 0 aromatic heterocycles. The fraction of sp³-hybridized carbons (Fsp3) is 0.188. The third-order valence-electron chi connectivity index (χ3n) is 4.02. The van der Waals surface area contributed by atoms with Gasteiger partial charge in [-0.1, -0.05) is 41.4 Å². The zero-order valence-corrected chi connectivity index (χ0v) is 17.1. The van der Waals surface area contributed by atoms with Crippen molar-refractivity contribution in [3.8, 4) is 5.75 Å². The number of carbonyl (C=O) groups excluding carboxylic acids is 1. The van der Waals surface area contributed by atoms with E-state index in [1.165, 1.54) is 29.7 Å². The lowest BCUT2D eigenvalue weighted by Gasteiger charge is -2.27. The number of halogens is 2. The summed E-state index contributed by atoms with van der Waals surface area (Å²) in [6, 6.07) is 5.87. The van der Waals surface area contributed by atoms with E-state index in [4.69, 9.17) is 28.4 Å². The summed E-state index contributed by atoms with van der Waals surface area (Å²) in [4.78, 5) is 21.8. The van der Waals surface area contributed by atoms with Gasteiger partial charge >= 0.3 is 0 Å². The van der Waals surface area contributed by atoms with Crippen LogP contribution in [0.5, 0.6) is 5.75 Å². The average Bonchev–Trinajstić information content (AvgIpc) is 2.67. The first-order valence-electron chi connectivity index (χ1n) is 7.86. The van der Waals surface area contributed by atoms with Gasteiger partial charge < -0.3 is 5.11 Å². The number of nitro benzene ring substituents is 1. The van der Waals surface area contributed by atoms with Crippen molar-refractivity contribution in [3.63, 3.8) is 0 Å². The first-order valence-corrected chi connectivity index (χ1v) is 10.1. The van der Waals surface area contributed by atoms with E-state index in [0.717, 1.165) is 19.1 Å². The zero-order chi connectivity index (χ0) is 21.9. The molecule has 0 radical (unpaired) electrons. The highest BCUT2D eigenvalue weighted by molar-refractivity contribution is 7.89. The number of aromatic hydroxyl groups is 1. The molecule has 0 aliphatic carbocycles. The number of phenols is 1. The second kappa shape index (κ2) is 8.93. The largest absolute Gasteiger partial charge is 0.505 e. The molecule has 2 rings (SSSR count). The summed E-state index contributed by atoms with van der Waals surface area (Å²) in [6.07, 6.45) is 0. The molecule has 0 bridgehead atoms. The van der Waals surface area contributed by atoms with Gasteiger partial charge in [0.05, 0.1) is 9.95 Å². The fourth-order valence-electron chi connectivity index (χ4n) is 2.51. The average molecular weight is 464 g/mol. The zero-order valence-electron chi connectivity index (χ0n) is 14.7. The normalized spacial score (nSPS) is 12.6. The van der Waals surface area contributed by atoms with Gasteiger partial charge in [-0.05, 0) is 19.1 Å². The Morgan fingerprint density at radius 2 is 1.93 bits per heavy atom. The van der Waals surface area contributed by atoms with Gasteiger partial charge in [0.15, 0.2) is 5.75 Å². The lowest BCUT2D eigenvalue weighted by molar-refractivity contribution is -0.385. The molecule has 0 spiro atoms. The van der Waals surface area contributed by atoms with Gasteiger partial charge in [0.25, 0.3) is 11.6 Å². The van der Waals surface area contributed by atoms with Crippen molar-refractivity contribution in [2.45, 2.75) is 24.4 Å². The molecule has 0 aliphatic rings. The first-order chi connectivity index (χ1) is 13.5. The molecule has 2 aromatic carbocycles. The molecule has 29 heavy (non-hydrogen) atoms. The van der Waals surface area contributed by atoms with E-state index >= 15 is 0 Å². The van der Waals surface area contributed by atoms with Gasteiger partial charge in [-0.25, -0.2) is 13.9 Å². The second-order valence-electron chi connectivity index (χ2n) is 5.82. The van der Waals surface area contributed by atoms with Gasteiger partial charge in [-0.3, -0.25) is 20.1 Å². The summed E-state index contributed by atoms with van der Waals surface area (Å²) in [5, 5.41) is 29.9. The van der Waals surface area contributed by atoms with Crippen molar-refractivity contribution in [1.29, 1.82) is 0 Å². The Morgan fingerprint density at radius 3 is 2.52 bits per heavy atom. The van der Waals surface area contributed by atoms with Crippen LogP contribution < -0.4 is 5.48 Å². The van der Waals surface area contributed by atoms with Crippen molar-refractivity contribution < 1.29 is 28.4 Å². The number of hydrogen-bond acceptors (Lipinski definition) is 7. The number of para-hydroxylation sites is 1. The summed E-state index contributed by atoms with van der Waals surface area (Å²) in [5.41, 5.74) is 0.937. The molecule has 0 heterocycles. The lowest BCUT2D eigenvalue weighted by Crippen LogP contribution is -2.46. The number of nitrogens with one attached hydrogen (secondary N) is 1. The Balaban J connectivity index is 2.66. The lowest BCUT2D eigenvalue weighted by atomic mass is 10.1. The van der Waals surface area contributed by atoms with Crippen LogP contribution >= 0.6 is 23.2 Å². The third-order valence-corrected chi connectivity index (χ3v) is 6.45. The van der Waals surface area contributed by atoms with Crippen LogP contribution in [0.25, 0.3) is 0 Å². The number of carbonyl (C=O) groups is 1. The minimum Gasteiger partial charge on any atom is -0.505 e. The molecule has 13 heteroatoms. The van der Waals surface area contributed by atoms with Crippen LogP contribution in [-0.4, -0.2) is 39.9 Å². The molecule has 3 N–H and O–H groups in total. The third kappa shape index (κ3) is 4.77. The van der Waals surface area contributed by atoms with Crippen LogP contribution in [-0.2, 0) is 21.4 Å². The standard InChI is InChI=1S/C16H15Cl2N3O7S/c1-9(16(23)19-24)20(8-10-4-2-3-5-13(10)21(25)26)29(27,28)14-7-11(17)6-12(18)15(14)22/h2-7,9,22,24H,8H2,1H3,(H,19,23). The van der Waals surface area contributed by atoms with E-state index in [1.807, 2.05) is 0 Å². The van der Waals surface area contributed by atoms with Gasteiger partial charge in [-0.2, -0.15) is 4.31 Å². The molecule has 1 atom stereocenters. The van der Waals surface area contributed by atoms with Gasteiger partial charge in [0.1, 0.15) is 10.9 Å². The summed E-state index contributed by atoms with van der Waals surface area (Å²) >= 11 is 11.6. The molecular formula is C16H15Cl2N3O7S. The summed E-state index contributed by atoms with van der Waals surface area (Å²) in [6.45, 7) is 0.540. The minimum absolute atomic E-state index is 0.0220. The van der Waals surface area contributed by atoms with Crippen LogP contribution in [0.2, 0.25) is 10.0 Å². The quantitative estimate of drug-likeness (QED) is 0.324. The summed E-state index contributed by atoms with van der Waals surface area (Å²) < 4.78 is 27.0. The summed E-state index contributed by atoms with van der Waals surface area (Å²) in [5.74, 6) is -1.90. The van der Waals surface area contributed by atoms with Crippen molar-refractivity contribution in [3.05, 3.63) is 62.1 Å². The maximum atomic E-state index is 13.2. The van der Waals surface area contributed by atoms with Gasteiger partial charge in [0.2, 0.25) is 10.0 Å². The monoisotopic (exact) mass is 463 g/mol. The Kier molecular flexibility index (Phi) is 7.03. The second-order valence-corrected chi connectivity index (χ2v) is 8.53. The molecule has 1 amide bonds. The highest BCUT2D eigenvalue weighted by atomic mass is 35.5. The smallest absolute Gasteiger partial charge is 0.273 e. The molecule has 0 saturated carbocycles. The topological polar surface area (TPSA) is 150 Å². The molecule has 0 aliphatic heterocycles. The number of sulfonamides is 1. The van der Waals surface area contributed by atoms with E-state index in [-0.39, 0.29) is 21.3 Å². The van der Waals surface area contributed by atoms with Crippen LogP contribution in [0.3, 0.4) is 0 Å². The van der Waals surface area contributed by atoms with E-state index in [2.05, 4.69) is 0 Å². The van der Waals surface area contributed by atoms with E-state index in [0.29, 0.717) is 4.31 Å². The van der Waals surface area contributed by atoms with Crippen molar-refractivity contribution in [2.75, 3.05) is 0 Å². The molecule has 1 unspecified atom stereocenters. The van der Waals surface area contributed by atoms with Crippen LogP contribution in [0.1, 0.15) is 12.5 Å². The number of hydroxylamine groups is 1. The number of rotatable bonds is 7. The maximum absolute atomic E-state index is 13.2. The highest BCUT2D eigenvalue weighted by Crippen LogP contribution is 2.37. The van der Waals surface area contributed by atoms with Crippen molar-refractivity contribution in [2.24, 2.45) is 0 Å². The minimum atomic E-state index is -4.65. The number of amides is 1. The molecule has 10 nitrogen and oxygen atoms in total.